The number of ether oxygens (including phenoxy) is 1. The number of esters is 1. The van der Waals surface area contributed by atoms with Gasteiger partial charge in [0.05, 0.1) is 18.4 Å². The number of carbonyl (C=O) groups is 1. The SMILES string of the molecule is Cc1cc(-c2ccc(NC3CCN(CC(=O)OC(C)(C)C)CC3)cc2)cnn1. The molecule has 0 spiro atoms. The topological polar surface area (TPSA) is 67.4 Å². The average Bonchev–Trinajstić information content (AvgIpc) is 2.62. The molecule has 2 heterocycles. The van der Waals surface area contributed by atoms with Gasteiger partial charge in [0.25, 0.3) is 0 Å². The summed E-state index contributed by atoms with van der Waals surface area (Å²) in [5, 5.41) is 11.6. The van der Waals surface area contributed by atoms with Crippen molar-refractivity contribution in [3.63, 3.8) is 0 Å². The molecule has 0 saturated carbocycles. The zero-order chi connectivity index (χ0) is 20.1. The number of benzene rings is 1. The van der Waals surface area contributed by atoms with Crippen molar-refractivity contribution in [3.05, 3.63) is 42.2 Å². The molecule has 6 nitrogen and oxygen atoms in total. The van der Waals surface area contributed by atoms with Crippen molar-refractivity contribution >= 4 is 11.7 Å². The van der Waals surface area contributed by atoms with Crippen LogP contribution in [-0.4, -0.2) is 52.3 Å². The minimum absolute atomic E-state index is 0.143. The van der Waals surface area contributed by atoms with Crippen molar-refractivity contribution in [1.29, 1.82) is 0 Å². The average molecular weight is 383 g/mol. The van der Waals surface area contributed by atoms with E-state index in [0.29, 0.717) is 12.6 Å². The third-order valence-corrected chi connectivity index (χ3v) is 4.73. The molecule has 1 aromatic heterocycles. The molecule has 28 heavy (non-hydrogen) atoms. The Balaban J connectivity index is 1.48. The molecule has 2 aromatic rings. The first kappa shape index (κ1) is 20.3. The second-order valence-electron chi connectivity index (χ2n) is 8.44. The summed E-state index contributed by atoms with van der Waals surface area (Å²) in [4.78, 5) is 14.2. The van der Waals surface area contributed by atoms with E-state index < -0.39 is 5.60 Å². The molecule has 0 aliphatic carbocycles. The van der Waals surface area contributed by atoms with Crippen LogP contribution in [0, 0.1) is 6.92 Å². The van der Waals surface area contributed by atoms with Crippen LogP contribution >= 0.6 is 0 Å². The van der Waals surface area contributed by atoms with Crippen LogP contribution in [0.2, 0.25) is 0 Å². The number of hydrogen-bond acceptors (Lipinski definition) is 6. The minimum Gasteiger partial charge on any atom is -0.459 e. The lowest BCUT2D eigenvalue weighted by molar-refractivity contribution is -0.156. The van der Waals surface area contributed by atoms with Crippen LogP contribution in [0.3, 0.4) is 0 Å². The second-order valence-corrected chi connectivity index (χ2v) is 8.44. The molecule has 3 rings (SSSR count). The third-order valence-electron chi connectivity index (χ3n) is 4.73. The molecule has 0 radical (unpaired) electrons. The summed E-state index contributed by atoms with van der Waals surface area (Å²) in [6.07, 6.45) is 3.81. The van der Waals surface area contributed by atoms with E-state index in [0.717, 1.165) is 48.4 Å². The lowest BCUT2D eigenvalue weighted by atomic mass is 10.0. The van der Waals surface area contributed by atoms with Gasteiger partial charge in [-0.15, -0.1) is 0 Å². The van der Waals surface area contributed by atoms with Crippen molar-refractivity contribution < 1.29 is 9.53 Å². The number of nitrogens with zero attached hydrogens (tertiary/aromatic N) is 3. The van der Waals surface area contributed by atoms with E-state index in [1.165, 1.54) is 0 Å². The highest BCUT2D eigenvalue weighted by Crippen LogP contribution is 2.23. The van der Waals surface area contributed by atoms with Gasteiger partial charge in [-0.05, 0) is 64.3 Å². The highest BCUT2D eigenvalue weighted by atomic mass is 16.6. The molecule has 1 aromatic carbocycles. The minimum atomic E-state index is -0.422. The standard InChI is InChI=1S/C22H30N4O2/c1-16-13-18(14-23-25-16)17-5-7-19(8-6-17)24-20-9-11-26(12-10-20)15-21(27)28-22(2,3)4/h5-8,13-14,20,24H,9-12,15H2,1-4H3. The predicted molar refractivity (Wildman–Crippen MR) is 111 cm³/mol. The monoisotopic (exact) mass is 382 g/mol. The van der Waals surface area contributed by atoms with Crippen LogP contribution in [0.15, 0.2) is 36.5 Å². The van der Waals surface area contributed by atoms with Gasteiger partial charge in [0.15, 0.2) is 0 Å². The summed E-state index contributed by atoms with van der Waals surface area (Å²) >= 11 is 0. The number of rotatable bonds is 5. The number of hydrogen-bond donors (Lipinski definition) is 1. The molecule has 1 aliphatic heterocycles. The zero-order valence-corrected chi connectivity index (χ0v) is 17.2. The molecule has 0 unspecified atom stereocenters. The highest BCUT2D eigenvalue weighted by Gasteiger charge is 2.23. The van der Waals surface area contributed by atoms with Gasteiger partial charge in [0.1, 0.15) is 5.60 Å². The zero-order valence-electron chi connectivity index (χ0n) is 17.2. The van der Waals surface area contributed by atoms with E-state index in [1.807, 2.05) is 33.8 Å². The van der Waals surface area contributed by atoms with Crippen LogP contribution in [0.25, 0.3) is 11.1 Å². The molecule has 1 fully saturated rings. The molecule has 1 saturated heterocycles. The molecule has 1 N–H and O–H groups in total. The van der Waals surface area contributed by atoms with Crippen LogP contribution < -0.4 is 5.32 Å². The van der Waals surface area contributed by atoms with Gasteiger partial charge < -0.3 is 10.1 Å². The van der Waals surface area contributed by atoms with Crippen molar-refractivity contribution in [2.75, 3.05) is 25.0 Å². The van der Waals surface area contributed by atoms with Gasteiger partial charge in [-0.2, -0.15) is 10.2 Å². The number of aromatic nitrogens is 2. The van der Waals surface area contributed by atoms with Crippen LogP contribution in [0.1, 0.15) is 39.3 Å². The number of carbonyl (C=O) groups excluding carboxylic acids is 1. The van der Waals surface area contributed by atoms with Crippen molar-refractivity contribution in [2.45, 2.75) is 52.2 Å². The van der Waals surface area contributed by atoms with E-state index >= 15 is 0 Å². The Bertz CT molecular complexity index is 791. The van der Waals surface area contributed by atoms with Gasteiger partial charge in [0, 0.05) is 30.4 Å². The molecule has 6 heteroatoms. The van der Waals surface area contributed by atoms with Gasteiger partial charge in [0.2, 0.25) is 0 Å². The normalized spacial score (nSPS) is 16.0. The quantitative estimate of drug-likeness (QED) is 0.796. The molecule has 0 amide bonds. The molecule has 0 bridgehead atoms. The molecule has 0 atom stereocenters. The first-order valence-corrected chi connectivity index (χ1v) is 9.89. The fourth-order valence-electron chi connectivity index (χ4n) is 3.42. The molecule has 150 valence electrons. The van der Waals surface area contributed by atoms with Gasteiger partial charge in [-0.25, -0.2) is 0 Å². The maximum Gasteiger partial charge on any atom is 0.320 e. The largest absolute Gasteiger partial charge is 0.459 e. The Morgan fingerprint density at radius 3 is 2.46 bits per heavy atom. The third kappa shape index (κ3) is 6.02. The lowest BCUT2D eigenvalue weighted by Crippen LogP contribution is -2.42. The van der Waals surface area contributed by atoms with E-state index in [2.05, 4.69) is 44.7 Å². The Hall–Kier alpha value is -2.47. The van der Waals surface area contributed by atoms with E-state index in [4.69, 9.17) is 4.74 Å². The fraction of sp³-hybridized carbons (Fsp3) is 0.500. The Morgan fingerprint density at radius 2 is 1.86 bits per heavy atom. The summed E-state index contributed by atoms with van der Waals surface area (Å²) in [5.41, 5.74) is 3.82. The second kappa shape index (κ2) is 8.69. The van der Waals surface area contributed by atoms with E-state index in [1.54, 1.807) is 6.20 Å². The molecular formula is C22H30N4O2. The van der Waals surface area contributed by atoms with Crippen molar-refractivity contribution in [2.24, 2.45) is 0 Å². The Labute approximate surface area is 167 Å². The number of piperidine rings is 1. The summed E-state index contributed by atoms with van der Waals surface area (Å²) in [6.45, 7) is 9.82. The Kier molecular flexibility index (Phi) is 6.29. The van der Waals surface area contributed by atoms with Crippen molar-refractivity contribution in [1.82, 2.24) is 15.1 Å². The number of anilines is 1. The summed E-state index contributed by atoms with van der Waals surface area (Å²) < 4.78 is 5.41. The number of nitrogens with one attached hydrogen (secondary N) is 1. The van der Waals surface area contributed by atoms with Gasteiger partial charge >= 0.3 is 5.97 Å². The van der Waals surface area contributed by atoms with Gasteiger partial charge in [-0.1, -0.05) is 12.1 Å². The van der Waals surface area contributed by atoms with Crippen LogP contribution in [0.4, 0.5) is 5.69 Å². The number of aryl methyl sites for hydroxylation is 1. The fourth-order valence-corrected chi connectivity index (χ4v) is 3.42. The predicted octanol–water partition coefficient (Wildman–Crippen LogP) is 3.67. The number of likely N-dealkylation sites (tertiary alicyclic amines) is 1. The summed E-state index contributed by atoms with van der Waals surface area (Å²) in [6, 6.07) is 10.9. The van der Waals surface area contributed by atoms with E-state index in [-0.39, 0.29) is 5.97 Å². The van der Waals surface area contributed by atoms with Crippen LogP contribution in [0.5, 0.6) is 0 Å². The van der Waals surface area contributed by atoms with Crippen molar-refractivity contribution in [3.8, 4) is 11.1 Å². The summed E-state index contributed by atoms with van der Waals surface area (Å²) in [5.74, 6) is -0.143. The summed E-state index contributed by atoms with van der Waals surface area (Å²) in [7, 11) is 0. The molecular weight excluding hydrogens is 352 g/mol. The van der Waals surface area contributed by atoms with E-state index in [9.17, 15) is 4.79 Å². The maximum atomic E-state index is 12.0. The van der Waals surface area contributed by atoms with Gasteiger partial charge in [-0.3, -0.25) is 9.69 Å². The lowest BCUT2D eigenvalue weighted by Gasteiger charge is -2.33. The smallest absolute Gasteiger partial charge is 0.320 e. The maximum absolute atomic E-state index is 12.0. The first-order chi connectivity index (χ1) is 13.3. The highest BCUT2D eigenvalue weighted by molar-refractivity contribution is 5.72. The Morgan fingerprint density at radius 1 is 1.18 bits per heavy atom. The van der Waals surface area contributed by atoms with Crippen LogP contribution in [-0.2, 0) is 9.53 Å². The molecule has 1 aliphatic rings. The first-order valence-electron chi connectivity index (χ1n) is 9.89.